The van der Waals surface area contributed by atoms with Crippen LogP contribution in [0.5, 0.6) is 0 Å². The first kappa shape index (κ1) is 25.6. The molecule has 6 heteroatoms. The molecule has 0 radical (unpaired) electrons. The van der Waals surface area contributed by atoms with Crippen LogP contribution in [-0.4, -0.2) is 29.5 Å². The van der Waals surface area contributed by atoms with E-state index in [1.165, 1.54) is 36.0 Å². The van der Waals surface area contributed by atoms with Crippen molar-refractivity contribution >= 4 is 17.7 Å². The number of hydrogen-bond donors (Lipinski definition) is 2. The molecular weight excluding hydrogens is 476 g/mol. The summed E-state index contributed by atoms with van der Waals surface area (Å²) in [5, 5.41) is 13.0. The fourth-order valence-electron chi connectivity index (χ4n) is 4.34. The number of benzene rings is 4. The number of carbonyl (C=O) groups is 1. The maximum atomic E-state index is 14.0. The van der Waals surface area contributed by atoms with E-state index in [-0.39, 0.29) is 5.75 Å². The van der Waals surface area contributed by atoms with Gasteiger partial charge in [-0.3, -0.25) is 10.1 Å². The molecule has 2 atom stereocenters. The molecule has 0 aliphatic heterocycles. The van der Waals surface area contributed by atoms with Gasteiger partial charge in [-0.05, 0) is 34.4 Å². The lowest BCUT2D eigenvalue weighted by Crippen LogP contribution is -2.43. The van der Waals surface area contributed by atoms with E-state index in [2.05, 4.69) is 5.32 Å². The second-order valence-corrected chi connectivity index (χ2v) is 9.64. The number of carboxylic acid groups (broad SMARTS) is 1. The lowest BCUT2D eigenvalue weighted by molar-refractivity contribution is -0.139. The van der Waals surface area contributed by atoms with Gasteiger partial charge < -0.3 is 5.11 Å². The standard InChI is InChI=1S/C30H27F2NO2S/c31-20-27(22-16-18-26(32)19-17-22)33-28(29(34)35)21-36-30(23-10-4-1-5-11-23,24-12-6-2-7-13-24)25-14-8-3-9-15-25/h1-19,27-28,33H,20-21H2,(H,34,35)/t27-,28+/m1/s1. The second kappa shape index (κ2) is 12.0. The molecule has 0 saturated carbocycles. The van der Waals surface area contributed by atoms with Crippen molar-refractivity contribution in [2.24, 2.45) is 0 Å². The van der Waals surface area contributed by atoms with Crippen molar-refractivity contribution in [1.82, 2.24) is 5.32 Å². The summed E-state index contributed by atoms with van der Waals surface area (Å²) in [6.07, 6.45) is 0. The summed E-state index contributed by atoms with van der Waals surface area (Å²) in [6.45, 7) is -0.818. The molecule has 2 N–H and O–H groups in total. The summed E-state index contributed by atoms with van der Waals surface area (Å²) in [6, 6.07) is 33.4. The molecule has 0 saturated heterocycles. The molecule has 0 amide bonds. The monoisotopic (exact) mass is 503 g/mol. The second-order valence-electron chi connectivity index (χ2n) is 8.41. The van der Waals surface area contributed by atoms with Gasteiger partial charge in [0.05, 0.1) is 10.8 Å². The zero-order valence-corrected chi connectivity index (χ0v) is 20.4. The first-order chi connectivity index (χ1) is 17.5. The van der Waals surface area contributed by atoms with Gasteiger partial charge in [-0.1, -0.05) is 103 Å². The average molecular weight is 504 g/mol. The highest BCUT2D eigenvalue weighted by Crippen LogP contribution is 2.48. The van der Waals surface area contributed by atoms with Gasteiger partial charge in [-0.15, -0.1) is 11.8 Å². The van der Waals surface area contributed by atoms with E-state index < -0.39 is 35.3 Å². The van der Waals surface area contributed by atoms with Crippen molar-refractivity contribution in [2.75, 3.05) is 12.4 Å². The number of thioether (sulfide) groups is 1. The largest absolute Gasteiger partial charge is 0.480 e. The van der Waals surface area contributed by atoms with Gasteiger partial charge in [-0.25, -0.2) is 8.78 Å². The first-order valence-corrected chi connectivity index (χ1v) is 12.6. The van der Waals surface area contributed by atoms with Crippen LogP contribution < -0.4 is 5.32 Å². The molecule has 0 aromatic heterocycles. The molecule has 4 aromatic carbocycles. The van der Waals surface area contributed by atoms with Gasteiger partial charge in [-0.2, -0.15) is 0 Å². The zero-order valence-electron chi connectivity index (χ0n) is 19.6. The van der Waals surface area contributed by atoms with Crippen molar-refractivity contribution in [3.8, 4) is 0 Å². The molecule has 0 bridgehead atoms. The summed E-state index contributed by atoms with van der Waals surface area (Å²) in [5.41, 5.74) is 3.53. The average Bonchev–Trinajstić information content (AvgIpc) is 2.93. The SMILES string of the molecule is O=C(O)[C@H](CSC(c1ccccc1)(c1ccccc1)c1ccccc1)N[C@H](CF)c1ccc(F)cc1. The van der Waals surface area contributed by atoms with E-state index in [0.29, 0.717) is 5.56 Å². The molecule has 36 heavy (non-hydrogen) atoms. The van der Waals surface area contributed by atoms with Crippen molar-refractivity contribution in [2.45, 2.75) is 16.8 Å². The first-order valence-electron chi connectivity index (χ1n) is 11.7. The van der Waals surface area contributed by atoms with E-state index in [1.54, 1.807) is 0 Å². The van der Waals surface area contributed by atoms with Crippen molar-refractivity contribution in [3.63, 3.8) is 0 Å². The molecule has 4 rings (SSSR count). The van der Waals surface area contributed by atoms with Crippen molar-refractivity contribution < 1.29 is 18.7 Å². The Morgan fingerprint density at radius 2 is 1.22 bits per heavy atom. The zero-order chi connectivity index (χ0) is 25.4. The van der Waals surface area contributed by atoms with E-state index in [9.17, 15) is 18.7 Å². The van der Waals surface area contributed by atoms with Crippen LogP contribution in [-0.2, 0) is 9.54 Å². The predicted octanol–water partition coefficient (Wildman–Crippen LogP) is 6.60. The number of nitrogens with one attached hydrogen (secondary N) is 1. The van der Waals surface area contributed by atoms with E-state index in [0.717, 1.165) is 16.7 Å². The Hall–Kier alpha value is -3.48. The van der Waals surface area contributed by atoms with E-state index in [1.807, 2.05) is 91.0 Å². The van der Waals surface area contributed by atoms with Gasteiger partial charge >= 0.3 is 5.97 Å². The van der Waals surface area contributed by atoms with E-state index >= 15 is 0 Å². The number of alkyl halides is 1. The lowest BCUT2D eigenvalue weighted by atomic mass is 9.84. The van der Waals surface area contributed by atoms with Crippen molar-refractivity contribution in [1.29, 1.82) is 0 Å². The van der Waals surface area contributed by atoms with Crippen LogP contribution in [0.15, 0.2) is 115 Å². The summed E-state index contributed by atoms with van der Waals surface area (Å²) < 4.78 is 26.7. The molecule has 0 aliphatic rings. The Labute approximate surface area is 214 Å². The fraction of sp³-hybridized carbons (Fsp3) is 0.167. The predicted molar refractivity (Wildman–Crippen MR) is 141 cm³/mol. The molecule has 0 aliphatic carbocycles. The maximum absolute atomic E-state index is 14.0. The van der Waals surface area contributed by atoms with Crippen LogP contribution in [0.1, 0.15) is 28.3 Å². The normalized spacial score (nSPS) is 13.2. The van der Waals surface area contributed by atoms with Crippen LogP contribution in [0.2, 0.25) is 0 Å². The number of rotatable bonds is 11. The van der Waals surface area contributed by atoms with Crippen LogP contribution in [0.25, 0.3) is 0 Å². The van der Waals surface area contributed by atoms with Gasteiger partial charge in [0, 0.05) is 5.75 Å². The summed E-state index contributed by atoms with van der Waals surface area (Å²) in [4.78, 5) is 12.3. The van der Waals surface area contributed by atoms with Gasteiger partial charge in [0.15, 0.2) is 0 Å². The Morgan fingerprint density at radius 1 is 0.778 bits per heavy atom. The highest BCUT2D eigenvalue weighted by Gasteiger charge is 2.38. The molecule has 0 spiro atoms. The molecular formula is C30H27F2NO2S. The van der Waals surface area contributed by atoms with Crippen LogP contribution in [0.3, 0.4) is 0 Å². The quantitative estimate of drug-likeness (QED) is 0.226. The minimum absolute atomic E-state index is 0.158. The summed E-state index contributed by atoms with van der Waals surface area (Å²) in [7, 11) is 0. The maximum Gasteiger partial charge on any atom is 0.321 e. The smallest absolute Gasteiger partial charge is 0.321 e. The highest BCUT2D eigenvalue weighted by atomic mass is 32.2. The number of hydrogen-bond acceptors (Lipinski definition) is 3. The Balaban J connectivity index is 1.72. The number of halogens is 2. The van der Waals surface area contributed by atoms with Crippen LogP contribution in [0.4, 0.5) is 8.78 Å². The Bertz CT molecular complexity index is 1140. The molecule has 4 aromatic rings. The number of carboxylic acids is 1. The molecule has 184 valence electrons. The highest BCUT2D eigenvalue weighted by molar-refractivity contribution is 8.00. The fourth-order valence-corrected chi connectivity index (χ4v) is 5.90. The minimum atomic E-state index is -1.08. The van der Waals surface area contributed by atoms with Crippen LogP contribution >= 0.6 is 11.8 Å². The molecule has 0 heterocycles. The minimum Gasteiger partial charge on any atom is -0.480 e. The number of aliphatic carboxylic acids is 1. The lowest BCUT2D eigenvalue weighted by Gasteiger charge is -2.36. The topological polar surface area (TPSA) is 49.3 Å². The summed E-state index contributed by atoms with van der Waals surface area (Å²) in [5.74, 6) is -1.35. The third-order valence-corrected chi connectivity index (χ3v) is 7.77. The Kier molecular flexibility index (Phi) is 8.52. The third kappa shape index (κ3) is 5.66. The Morgan fingerprint density at radius 3 is 1.61 bits per heavy atom. The summed E-state index contributed by atoms with van der Waals surface area (Å²) >= 11 is 1.49. The van der Waals surface area contributed by atoms with Crippen LogP contribution in [0, 0.1) is 5.82 Å². The molecule has 0 fully saturated rings. The molecule has 0 unspecified atom stereocenters. The third-order valence-electron chi connectivity index (χ3n) is 6.13. The molecule has 3 nitrogen and oxygen atoms in total. The van der Waals surface area contributed by atoms with Gasteiger partial charge in [0.25, 0.3) is 0 Å². The van der Waals surface area contributed by atoms with E-state index in [4.69, 9.17) is 0 Å². The van der Waals surface area contributed by atoms with Gasteiger partial charge in [0.1, 0.15) is 18.5 Å². The van der Waals surface area contributed by atoms with Gasteiger partial charge in [0.2, 0.25) is 0 Å². The van der Waals surface area contributed by atoms with Crippen molar-refractivity contribution in [3.05, 3.63) is 143 Å².